The van der Waals surface area contributed by atoms with Crippen molar-refractivity contribution in [3.8, 4) is 45.0 Å². The highest BCUT2D eigenvalue weighted by molar-refractivity contribution is 5.92. The number of hydrogen-bond acceptors (Lipinski definition) is 5. The molecule has 5 heteroatoms. The van der Waals surface area contributed by atoms with Crippen LogP contribution >= 0.6 is 0 Å². The fraction of sp³-hybridized carbons (Fsp3) is 0.263. The van der Waals surface area contributed by atoms with E-state index in [0.29, 0.717) is 0 Å². The van der Waals surface area contributed by atoms with Crippen LogP contribution in [0.5, 0.6) is 0 Å². The van der Waals surface area contributed by atoms with Crippen LogP contribution < -0.4 is 0 Å². The van der Waals surface area contributed by atoms with Crippen LogP contribution in [-0.4, -0.2) is 19.9 Å². The van der Waals surface area contributed by atoms with Gasteiger partial charge in [0.05, 0.1) is 0 Å². The van der Waals surface area contributed by atoms with Gasteiger partial charge >= 0.3 is 0 Å². The summed E-state index contributed by atoms with van der Waals surface area (Å²) in [5, 5.41) is 0. The lowest BCUT2D eigenvalue weighted by atomic mass is 9.49. The molecule has 0 N–H and O–H groups in total. The number of nitrogens with zero attached hydrogens (tertiary/aromatic N) is 4. The normalized spacial score (nSPS) is 24.0. The Morgan fingerprint density at radius 2 is 1.07 bits per heavy atom. The summed E-state index contributed by atoms with van der Waals surface area (Å²) in [6.07, 6.45) is 9.38. The second kappa shape index (κ2) is 9.70. The van der Waals surface area contributed by atoms with Crippen LogP contribution in [0.1, 0.15) is 44.3 Å². The van der Waals surface area contributed by atoms with E-state index in [2.05, 4.69) is 89.9 Å². The fourth-order valence-electron chi connectivity index (χ4n) is 8.64. The Hall–Kier alpha value is -4.64. The van der Waals surface area contributed by atoms with Gasteiger partial charge in [-0.25, -0.2) is 19.9 Å². The SMILES string of the molecule is c1ccc(-c2nc(-c3ccc(-c4cc5ncoc5cc4-c4ccccc4)cc3)nc(C34CC5CC(CC(C5)C3)C4)n2)cc1. The number of aromatic nitrogens is 4. The Labute approximate surface area is 251 Å². The average molecular weight is 561 g/mol. The zero-order chi connectivity index (χ0) is 28.4. The van der Waals surface area contributed by atoms with Crippen molar-refractivity contribution < 1.29 is 4.42 Å². The molecule has 4 aromatic carbocycles. The van der Waals surface area contributed by atoms with Crippen molar-refractivity contribution in [1.82, 2.24) is 19.9 Å². The van der Waals surface area contributed by atoms with Crippen LogP contribution in [0.4, 0.5) is 0 Å². The van der Waals surface area contributed by atoms with Gasteiger partial charge in [-0.1, -0.05) is 84.9 Å². The van der Waals surface area contributed by atoms with Crippen molar-refractivity contribution in [2.75, 3.05) is 0 Å². The standard InChI is InChI=1S/C38H32N4O/c1-3-7-27(8-4-1)32-19-34-33(39-23-43-34)18-31(32)28-11-13-30(14-12-28)36-40-35(29-9-5-2-6-10-29)41-37(42-36)38-20-24-15-25(21-38)17-26(16-24)22-38/h1-14,18-19,23-26H,15-17,20-22H2. The predicted molar refractivity (Wildman–Crippen MR) is 169 cm³/mol. The van der Waals surface area contributed by atoms with E-state index >= 15 is 0 Å². The van der Waals surface area contributed by atoms with E-state index in [1.54, 1.807) is 0 Å². The Balaban J connectivity index is 1.15. The smallest absolute Gasteiger partial charge is 0.181 e. The minimum atomic E-state index is 0.0908. The highest BCUT2D eigenvalue weighted by atomic mass is 16.3. The van der Waals surface area contributed by atoms with Gasteiger partial charge in [0, 0.05) is 16.5 Å². The first-order chi connectivity index (χ1) is 21.2. The maximum Gasteiger partial charge on any atom is 0.181 e. The summed E-state index contributed by atoms with van der Waals surface area (Å²) in [4.78, 5) is 20.0. The molecule has 0 unspecified atom stereocenters. The third kappa shape index (κ3) is 4.29. The van der Waals surface area contributed by atoms with Crippen LogP contribution in [-0.2, 0) is 5.41 Å². The summed E-state index contributed by atoms with van der Waals surface area (Å²) in [7, 11) is 0. The summed E-state index contributed by atoms with van der Waals surface area (Å²) in [6, 6.07) is 33.7. The number of hydrogen-bond donors (Lipinski definition) is 0. The topological polar surface area (TPSA) is 64.7 Å². The molecule has 2 heterocycles. The zero-order valence-electron chi connectivity index (χ0n) is 24.0. The van der Waals surface area contributed by atoms with Crippen LogP contribution in [0, 0.1) is 17.8 Å². The minimum absolute atomic E-state index is 0.0908. The van der Waals surface area contributed by atoms with Gasteiger partial charge in [0.2, 0.25) is 0 Å². The molecule has 4 bridgehead atoms. The van der Waals surface area contributed by atoms with E-state index in [4.69, 9.17) is 19.4 Å². The van der Waals surface area contributed by atoms with Crippen LogP contribution in [0.3, 0.4) is 0 Å². The molecular weight excluding hydrogens is 528 g/mol. The number of oxazole rings is 1. The summed E-state index contributed by atoms with van der Waals surface area (Å²) >= 11 is 0. The molecular formula is C38H32N4O. The Kier molecular flexibility index (Phi) is 5.62. The van der Waals surface area contributed by atoms with Gasteiger partial charge in [0.15, 0.2) is 23.6 Å². The molecule has 6 aromatic rings. The van der Waals surface area contributed by atoms with Gasteiger partial charge in [-0.3, -0.25) is 0 Å². The highest BCUT2D eigenvalue weighted by Gasteiger charge is 2.53. The van der Waals surface area contributed by atoms with Crippen molar-refractivity contribution >= 4 is 11.1 Å². The first-order valence-electron chi connectivity index (χ1n) is 15.5. The first-order valence-corrected chi connectivity index (χ1v) is 15.5. The highest BCUT2D eigenvalue weighted by Crippen LogP contribution is 2.60. The molecule has 43 heavy (non-hydrogen) atoms. The molecule has 0 radical (unpaired) electrons. The van der Waals surface area contributed by atoms with Crippen molar-refractivity contribution in [3.63, 3.8) is 0 Å². The zero-order valence-corrected chi connectivity index (χ0v) is 24.0. The minimum Gasteiger partial charge on any atom is -0.443 e. The Morgan fingerprint density at radius 3 is 1.70 bits per heavy atom. The second-order valence-corrected chi connectivity index (χ2v) is 13.0. The number of fused-ring (bicyclic) bond motifs is 1. The van der Waals surface area contributed by atoms with E-state index in [1.165, 1.54) is 44.9 Å². The van der Waals surface area contributed by atoms with Crippen molar-refractivity contribution in [1.29, 1.82) is 0 Å². The summed E-state index contributed by atoms with van der Waals surface area (Å²) in [5.74, 6) is 5.04. The molecule has 0 amide bonds. The summed E-state index contributed by atoms with van der Waals surface area (Å²) in [6.45, 7) is 0. The molecule has 210 valence electrons. The maximum absolute atomic E-state index is 5.66. The van der Waals surface area contributed by atoms with Crippen LogP contribution in [0.2, 0.25) is 0 Å². The maximum atomic E-state index is 5.66. The monoisotopic (exact) mass is 560 g/mol. The van der Waals surface area contributed by atoms with Gasteiger partial charge in [-0.2, -0.15) is 0 Å². The third-order valence-electron chi connectivity index (χ3n) is 10.2. The molecule has 0 aliphatic heterocycles. The van der Waals surface area contributed by atoms with Gasteiger partial charge in [0.25, 0.3) is 0 Å². The van der Waals surface area contributed by atoms with Gasteiger partial charge in [-0.05, 0) is 90.7 Å². The lowest BCUT2D eigenvalue weighted by Crippen LogP contribution is -2.49. The quantitative estimate of drug-likeness (QED) is 0.210. The van der Waals surface area contributed by atoms with Crippen molar-refractivity contribution in [2.24, 2.45) is 17.8 Å². The first kappa shape index (κ1) is 24.9. The number of rotatable bonds is 5. The number of benzene rings is 4. The van der Waals surface area contributed by atoms with E-state index in [-0.39, 0.29) is 5.41 Å². The van der Waals surface area contributed by atoms with Gasteiger partial charge < -0.3 is 4.42 Å². The van der Waals surface area contributed by atoms with E-state index in [9.17, 15) is 0 Å². The molecule has 4 saturated carbocycles. The second-order valence-electron chi connectivity index (χ2n) is 13.0. The molecule has 2 aromatic heterocycles. The lowest BCUT2D eigenvalue weighted by molar-refractivity contribution is -0.00938. The molecule has 0 saturated heterocycles. The molecule has 0 spiro atoms. The molecule has 0 atom stereocenters. The molecule has 5 nitrogen and oxygen atoms in total. The summed E-state index contributed by atoms with van der Waals surface area (Å²) < 4.78 is 5.66. The Bertz CT molecular complexity index is 1910. The third-order valence-corrected chi connectivity index (χ3v) is 10.2. The molecule has 10 rings (SSSR count). The molecule has 4 aliphatic carbocycles. The molecule has 4 aliphatic rings. The molecule has 4 fully saturated rings. The summed E-state index contributed by atoms with van der Waals surface area (Å²) in [5.41, 5.74) is 8.28. The largest absolute Gasteiger partial charge is 0.443 e. The average Bonchev–Trinajstić information content (AvgIpc) is 3.52. The van der Waals surface area contributed by atoms with E-state index in [0.717, 1.165) is 79.7 Å². The van der Waals surface area contributed by atoms with Crippen molar-refractivity contribution in [3.05, 3.63) is 109 Å². The Morgan fingerprint density at radius 1 is 0.558 bits per heavy atom. The lowest BCUT2D eigenvalue weighted by Gasteiger charge is -2.56. The van der Waals surface area contributed by atoms with E-state index < -0.39 is 0 Å². The van der Waals surface area contributed by atoms with Crippen LogP contribution in [0.25, 0.3) is 56.1 Å². The fourth-order valence-corrected chi connectivity index (χ4v) is 8.64. The van der Waals surface area contributed by atoms with Gasteiger partial charge in [-0.15, -0.1) is 0 Å². The van der Waals surface area contributed by atoms with E-state index in [1.807, 2.05) is 12.1 Å². The van der Waals surface area contributed by atoms with Crippen molar-refractivity contribution in [2.45, 2.75) is 43.9 Å². The van der Waals surface area contributed by atoms with Gasteiger partial charge in [0.1, 0.15) is 11.3 Å². The predicted octanol–water partition coefficient (Wildman–Crippen LogP) is 9.15. The van der Waals surface area contributed by atoms with Crippen LogP contribution in [0.15, 0.2) is 108 Å².